The summed E-state index contributed by atoms with van der Waals surface area (Å²) in [5.74, 6) is -0.472. The predicted octanol–water partition coefficient (Wildman–Crippen LogP) is 2.33. The summed E-state index contributed by atoms with van der Waals surface area (Å²) in [4.78, 5) is 17.8. The minimum absolute atomic E-state index is 0.0623. The number of carbonyl (C=O) groups is 1. The van der Waals surface area contributed by atoms with E-state index in [0.29, 0.717) is 12.3 Å². The SMILES string of the molecule is Cc1c(C(=O)/C(=C/N(C)C)c2ncnn2C)ccc(C(F)(F)F)c1S(C)(=O)=O. The van der Waals surface area contributed by atoms with E-state index < -0.39 is 32.3 Å². The molecule has 0 amide bonds. The first kappa shape index (κ1) is 21.6. The van der Waals surface area contributed by atoms with Crippen LogP contribution in [0, 0.1) is 6.92 Å². The first-order valence-electron chi connectivity index (χ1n) is 7.93. The number of alkyl halides is 3. The molecule has 0 aliphatic carbocycles. The maximum Gasteiger partial charge on any atom is 0.417 e. The van der Waals surface area contributed by atoms with Gasteiger partial charge >= 0.3 is 6.18 Å². The van der Waals surface area contributed by atoms with Gasteiger partial charge in [0.05, 0.1) is 16.0 Å². The average molecular weight is 416 g/mol. The summed E-state index contributed by atoms with van der Waals surface area (Å²) in [6.45, 7) is 1.18. The lowest BCUT2D eigenvalue weighted by atomic mass is 9.96. The lowest BCUT2D eigenvalue weighted by Crippen LogP contribution is -2.18. The van der Waals surface area contributed by atoms with Crippen molar-refractivity contribution >= 4 is 21.2 Å². The number of ketones is 1. The molecule has 0 aliphatic rings. The van der Waals surface area contributed by atoms with Crippen molar-refractivity contribution in [3.8, 4) is 0 Å². The standard InChI is InChI=1S/C17H19F3N4O3S/c1-10-11(6-7-13(17(18,19)20)15(10)28(5,26)27)14(25)12(8-23(2)3)16-21-9-22-24(16)4/h6-9H,1-5H3/b12-8-. The van der Waals surface area contributed by atoms with Gasteiger partial charge in [-0.3, -0.25) is 4.79 Å². The summed E-state index contributed by atoms with van der Waals surface area (Å²) in [5.41, 5.74) is -1.67. The minimum Gasteiger partial charge on any atom is -0.383 e. The summed E-state index contributed by atoms with van der Waals surface area (Å²) < 4.78 is 65.4. The summed E-state index contributed by atoms with van der Waals surface area (Å²) >= 11 is 0. The van der Waals surface area contributed by atoms with Crippen molar-refractivity contribution in [3.63, 3.8) is 0 Å². The van der Waals surface area contributed by atoms with Gasteiger partial charge in [0.25, 0.3) is 0 Å². The highest BCUT2D eigenvalue weighted by Gasteiger charge is 2.38. The molecule has 1 heterocycles. The number of hydrogen-bond donors (Lipinski definition) is 0. The molecular formula is C17H19F3N4O3S. The third-order valence-corrected chi connectivity index (χ3v) is 5.18. The van der Waals surface area contributed by atoms with Crippen molar-refractivity contribution in [3.05, 3.63) is 47.2 Å². The van der Waals surface area contributed by atoms with E-state index in [0.717, 1.165) is 6.07 Å². The molecule has 2 rings (SSSR count). The highest BCUT2D eigenvalue weighted by molar-refractivity contribution is 7.90. The van der Waals surface area contributed by atoms with Crippen LogP contribution in [-0.2, 0) is 23.1 Å². The normalized spacial score (nSPS) is 12.9. The first-order valence-corrected chi connectivity index (χ1v) is 9.82. The zero-order valence-electron chi connectivity index (χ0n) is 15.9. The molecule has 152 valence electrons. The van der Waals surface area contributed by atoms with Crippen molar-refractivity contribution in [1.82, 2.24) is 19.7 Å². The Morgan fingerprint density at radius 3 is 2.29 bits per heavy atom. The number of aryl methyl sites for hydroxylation is 1. The second kappa shape index (κ2) is 7.38. The largest absolute Gasteiger partial charge is 0.417 e. The Morgan fingerprint density at radius 2 is 1.86 bits per heavy atom. The highest BCUT2D eigenvalue weighted by Crippen LogP contribution is 2.37. The van der Waals surface area contributed by atoms with Crippen LogP contribution < -0.4 is 0 Å². The lowest BCUT2D eigenvalue weighted by molar-refractivity contribution is -0.139. The van der Waals surface area contributed by atoms with E-state index >= 15 is 0 Å². The molecular weight excluding hydrogens is 397 g/mol. The van der Waals surface area contributed by atoms with Crippen molar-refractivity contribution in [1.29, 1.82) is 0 Å². The first-order chi connectivity index (χ1) is 12.7. The van der Waals surface area contributed by atoms with E-state index in [1.54, 1.807) is 26.0 Å². The van der Waals surface area contributed by atoms with Crippen LogP contribution in [0.15, 0.2) is 29.6 Å². The van der Waals surface area contributed by atoms with Crippen molar-refractivity contribution in [2.75, 3.05) is 20.4 Å². The summed E-state index contributed by atoms with van der Waals surface area (Å²) in [6, 6.07) is 1.59. The molecule has 1 aromatic carbocycles. The molecule has 1 aromatic heterocycles. The molecule has 11 heteroatoms. The number of Topliss-reactive ketones (excluding diaryl/α,β-unsaturated/α-hetero) is 1. The third-order valence-electron chi connectivity index (χ3n) is 3.91. The monoisotopic (exact) mass is 416 g/mol. The zero-order valence-corrected chi connectivity index (χ0v) is 16.7. The maximum absolute atomic E-state index is 13.3. The molecule has 28 heavy (non-hydrogen) atoms. The Morgan fingerprint density at radius 1 is 1.25 bits per heavy atom. The van der Waals surface area contributed by atoms with E-state index in [9.17, 15) is 26.4 Å². The van der Waals surface area contributed by atoms with E-state index in [4.69, 9.17) is 0 Å². The fourth-order valence-electron chi connectivity index (χ4n) is 2.80. The van der Waals surface area contributed by atoms with Gasteiger partial charge in [-0.25, -0.2) is 18.1 Å². The van der Waals surface area contributed by atoms with E-state index in [1.807, 2.05) is 0 Å². The Balaban J connectivity index is 2.77. The topological polar surface area (TPSA) is 85.2 Å². The number of sulfone groups is 1. The van der Waals surface area contributed by atoms with Crippen molar-refractivity contribution < 1.29 is 26.4 Å². The van der Waals surface area contributed by atoms with Crippen LogP contribution in [0.25, 0.3) is 5.57 Å². The minimum atomic E-state index is -4.88. The fraction of sp³-hybridized carbons (Fsp3) is 0.353. The maximum atomic E-state index is 13.3. The number of rotatable bonds is 5. The van der Waals surface area contributed by atoms with Crippen LogP contribution in [0.2, 0.25) is 0 Å². The number of benzene rings is 1. The third kappa shape index (κ3) is 4.24. The van der Waals surface area contributed by atoms with Crippen LogP contribution in [0.1, 0.15) is 27.3 Å². The van der Waals surface area contributed by atoms with Gasteiger partial charge in [-0.2, -0.15) is 18.3 Å². The number of aromatic nitrogens is 3. The summed E-state index contributed by atoms with van der Waals surface area (Å²) in [6.07, 6.45) is -1.52. The summed E-state index contributed by atoms with van der Waals surface area (Å²) in [5, 5.41) is 3.90. The Kier molecular flexibility index (Phi) is 5.69. The molecule has 0 atom stereocenters. The van der Waals surface area contributed by atoms with Gasteiger partial charge in [0.15, 0.2) is 21.4 Å². The molecule has 7 nitrogen and oxygen atoms in total. The highest BCUT2D eigenvalue weighted by atomic mass is 32.2. The van der Waals surface area contributed by atoms with Crippen LogP contribution in [-0.4, -0.2) is 54.2 Å². The molecule has 0 bridgehead atoms. The van der Waals surface area contributed by atoms with Crippen molar-refractivity contribution in [2.45, 2.75) is 18.0 Å². The van der Waals surface area contributed by atoms with Gasteiger partial charge in [0.2, 0.25) is 0 Å². The van der Waals surface area contributed by atoms with E-state index in [-0.39, 0.29) is 22.5 Å². The van der Waals surface area contributed by atoms with Gasteiger partial charge in [-0.1, -0.05) is 6.07 Å². The van der Waals surface area contributed by atoms with Crippen LogP contribution in [0.5, 0.6) is 0 Å². The lowest BCUT2D eigenvalue weighted by Gasteiger charge is -2.17. The number of carbonyl (C=O) groups excluding carboxylic acids is 1. The molecule has 0 saturated carbocycles. The number of halogens is 3. The van der Waals surface area contributed by atoms with Gasteiger partial charge in [0.1, 0.15) is 6.33 Å². The quantitative estimate of drug-likeness (QED) is 0.549. The number of allylic oxidation sites excluding steroid dienone is 1. The molecule has 0 N–H and O–H groups in total. The molecule has 0 spiro atoms. The molecule has 0 saturated heterocycles. The predicted molar refractivity (Wildman–Crippen MR) is 96.3 cm³/mol. The molecule has 0 aliphatic heterocycles. The Hall–Kier alpha value is -2.69. The molecule has 0 radical (unpaired) electrons. The van der Waals surface area contributed by atoms with Gasteiger partial charge in [0, 0.05) is 39.2 Å². The second-order valence-electron chi connectivity index (χ2n) is 6.43. The van der Waals surface area contributed by atoms with E-state index in [2.05, 4.69) is 10.1 Å². The Bertz CT molecular complexity index is 1050. The second-order valence-corrected chi connectivity index (χ2v) is 8.38. The smallest absolute Gasteiger partial charge is 0.383 e. The van der Waals surface area contributed by atoms with Gasteiger partial charge in [-0.05, 0) is 18.6 Å². The van der Waals surface area contributed by atoms with E-state index in [1.165, 1.54) is 24.1 Å². The molecule has 2 aromatic rings. The Labute approximate surface area is 160 Å². The van der Waals surface area contributed by atoms with Gasteiger partial charge in [-0.15, -0.1) is 0 Å². The van der Waals surface area contributed by atoms with Gasteiger partial charge < -0.3 is 4.90 Å². The van der Waals surface area contributed by atoms with Crippen LogP contribution in [0.4, 0.5) is 13.2 Å². The van der Waals surface area contributed by atoms with Crippen molar-refractivity contribution in [2.24, 2.45) is 7.05 Å². The molecule has 0 unspecified atom stereocenters. The number of hydrogen-bond acceptors (Lipinski definition) is 6. The fourth-order valence-corrected chi connectivity index (χ4v) is 4.05. The van der Waals surface area contributed by atoms with Crippen LogP contribution >= 0.6 is 0 Å². The zero-order chi connectivity index (χ0) is 21.4. The average Bonchev–Trinajstić information content (AvgIpc) is 2.95. The molecule has 0 fully saturated rings. The number of nitrogens with zero attached hydrogens (tertiary/aromatic N) is 4. The van der Waals surface area contributed by atoms with Crippen LogP contribution in [0.3, 0.4) is 0 Å². The summed E-state index contributed by atoms with van der Waals surface area (Å²) in [7, 11) is 0.623.